The summed E-state index contributed by atoms with van der Waals surface area (Å²) in [5, 5.41) is 0. The van der Waals surface area contributed by atoms with Crippen LogP contribution in [0, 0.1) is 0 Å². The van der Waals surface area contributed by atoms with Gasteiger partial charge in [0.1, 0.15) is 12.4 Å². The predicted octanol–water partition coefficient (Wildman–Crippen LogP) is 5.84. The lowest BCUT2D eigenvalue weighted by molar-refractivity contribution is -0.137. The Labute approximate surface area is 161 Å². The molecule has 0 saturated heterocycles. The Morgan fingerprint density at radius 1 is 1.04 bits per heavy atom. The van der Waals surface area contributed by atoms with Crippen molar-refractivity contribution in [3.05, 3.63) is 60.2 Å². The summed E-state index contributed by atoms with van der Waals surface area (Å²) in [5.41, 5.74) is 0.112. The molecule has 0 radical (unpaired) electrons. The first-order chi connectivity index (χ1) is 12.8. The van der Waals surface area contributed by atoms with Crippen LogP contribution in [0.15, 0.2) is 59.5 Å². The zero-order chi connectivity index (χ0) is 19.9. The number of hydrogen-bond donors (Lipinski definition) is 0. The quantitative estimate of drug-likeness (QED) is 0.392. The predicted molar refractivity (Wildman–Crippen MR) is 101 cm³/mol. The molecular weight excluding hydrogens is 377 g/mol. The van der Waals surface area contributed by atoms with E-state index in [1.165, 1.54) is 12.1 Å². The summed E-state index contributed by atoms with van der Waals surface area (Å²) in [6.07, 6.45) is -4.35. The van der Waals surface area contributed by atoms with E-state index in [4.69, 9.17) is 14.2 Å². The molecule has 0 aliphatic carbocycles. The lowest BCUT2D eigenvalue weighted by Gasteiger charge is -2.12. The molecule has 0 aliphatic rings. The van der Waals surface area contributed by atoms with Crippen molar-refractivity contribution in [3.63, 3.8) is 0 Å². The maximum atomic E-state index is 12.5. The summed E-state index contributed by atoms with van der Waals surface area (Å²) in [6, 6.07) is 10.3. The number of alkyl halides is 3. The van der Waals surface area contributed by atoms with Gasteiger partial charge in [0.15, 0.2) is 11.5 Å². The highest BCUT2D eigenvalue weighted by Crippen LogP contribution is 2.33. The fourth-order valence-corrected chi connectivity index (χ4v) is 2.97. The van der Waals surface area contributed by atoms with Crippen LogP contribution in [0.4, 0.5) is 13.2 Å². The summed E-state index contributed by atoms with van der Waals surface area (Å²) < 4.78 is 53.9. The fraction of sp³-hybridized carbons (Fsp3) is 0.300. The Morgan fingerprint density at radius 2 is 1.74 bits per heavy atom. The van der Waals surface area contributed by atoms with Crippen molar-refractivity contribution in [1.82, 2.24) is 0 Å². The molecule has 2 rings (SSSR count). The molecule has 146 valence electrons. The molecule has 0 heterocycles. The van der Waals surface area contributed by atoms with Crippen LogP contribution in [0.25, 0.3) is 0 Å². The van der Waals surface area contributed by atoms with E-state index in [0.29, 0.717) is 29.6 Å². The molecule has 2 aromatic rings. The molecular formula is C20H21F3O3S. The van der Waals surface area contributed by atoms with Gasteiger partial charge in [-0.15, -0.1) is 11.8 Å². The number of thioether (sulfide) groups is 1. The second-order valence-electron chi connectivity index (χ2n) is 5.60. The summed E-state index contributed by atoms with van der Waals surface area (Å²) in [5.74, 6) is 2.33. The minimum atomic E-state index is -4.35. The average Bonchev–Trinajstić information content (AvgIpc) is 2.65. The Bertz CT molecular complexity index is 758. The molecule has 0 atom stereocenters. The molecule has 0 unspecified atom stereocenters. The van der Waals surface area contributed by atoms with Crippen LogP contribution in [0.5, 0.6) is 17.2 Å². The molecule has 0 fully saturated rings. The minimum Gasteiger partial charge on any atom is -0.493 e. The third kappa shape index (κ3) is 6.43. The highest BCUT2D eigenvalue weighted by Gasteiger charge is 2.30. The summed E-state index contributed by atoms with van der Waals surface area (Å²) in [7, 11) is 1.59. The highest BCUT2D eigenvalue weighted by atomic mass is 32.2. The Kier molecular flexibility index (Phi) is 7.47. The zero-order valence-corrected chi connectivity index (χ0v) is 16.0. The van der Waals surface area contributed by atoms with E-state index >= 15 is 0 Å². The van der Waals surface area contributed by atoms with Gasteiger partial charge in [0.25, 0.3) is 0 Å². The minimum absolute atomic E-state index is 0.229. The normalized spacial score (nSPS) is 11.1. The van der Waals surface area contributed by atoms with Crippen LogP contribution in [0.3, 0.4) is 0 Å². The average molecular weight is 398 g/mol. The van der Waals surface area contributed by atoms with Gasteiger partial charge < -0.3 is 14.2 Å². The molecule has 0 bridgehead atoms. The van der Waals surface area contributed by atoms with E-state index in [1.807, 2.05) is 25.1 Å². The van der Waals surface area contributed by atoms with Gasteiger partial charge in [0, 0.05) is 10.6 Å². The Morgan fingerprint density at radius 3 is 2.33 bits per heavy atom. The summed E-state index contributed by atoms with van der Waals surface area (Å²) in [6.45, 7) is 6.64. The van der Waals surface area contributed by atoms with Gasteiger partial charge in [0.2, 0.25) is 0 Å². The molecule has 0 saturated carbocycles. The number of halogens is 3. The zero-order valence-electron chi connectivity index (χ0n) is 15.1. The van der Waals surface area contributed by atoms with Gasteiger partial charge in [-0.3, -0.25) is 0 Å². The van der Waals surface area contributed by atoms with E-state index in [1.54, 1.807) is 18.9 Å². The van der Waals surface area contributed by atoms with Crippen molar-refractivity contribution >= 4 is 11.8 Å². The number of hydrogen-bond acceptors (Lipinski definition) is 4. The van der Waals surface area contributed by atoms with Gasteiger partial charge in [-0.05, 0) is 55.0 Å². The lowest BCUT2D eigenvalue weighted by Crippen LogP contribution is -2.05. The third-order valence-electron chi connectivity index (χ3n) is 3.50. The summed E-state index contributed by atoms with van der Waals surface area (Å²) in [4.78, 5) is 0.992. The molecule has 0 aliphatic heterocycles. The van der Waals surface area contributed by atoms with Crippen LogP contribution < -0.4 is 14.2 Å². The van der Waals surface area contributed by atoms with Gasteiger partial charge in [-0.25, -0.2) is 0 Å². The largest absolute Gasteiger partial charge is 0.493 e. The van der Waals surface area contributed by atoms with Gasteiger partial charge >= 0.3 is 6.18 Å². The van der Waals surface area contributed by atoms with E-state index < -0.39 is 11.7 Å². The van der Waals surface area contributed by atoms with E-state index in [0.717, 1.165) is 22.6 Å². The molecule has 0 amide bonds. The van der Waals surface area contributed by atoms with Crippen LogP contribution >= 0.6 is 11.8 Å². The molecule has 7 heteroatoms. The van der Waals surface area contributed by atoms with Gasteiger partial charge in [-0.2, -0.15) is 13.2 Å². The van der Waals surface area contributed by atoms with E-state index in [2.05, 4.69) is 6.58 Å². The number of methoxy groups -OCH3 is 1. The molecule has 3 nitrogen and oxygen atoms in total. The smallest absolute Gasteiger partial charge is 0.416 e. The number of ether oxygens (including phenoxy) is 3. The standard InChI is InChI=1S/C20H21F3O3S/c1-4-25-18-10-9-17(11-19(18)24-3)27-13-14(2)12-26-16-7-5-15(6-8-16)20(21,22)23/h5-11H,2,4,12-13H2,1,3H3. The molecule has 0 aromatic heterocycles. The highest BCUT2D eigenvalue weighted by molar-refractivity contribution is 7.99. The first-order valence-electron chi connectivity index (χ1n) is 8.23. The lowest BCUT2D eigenvalue weighted by atomic mass is 10.2. The second-order valence-corrected chi connectivity index (χ2v) is 6.64. The van der Waals surface area contributed by atoms with Crippen molar-refractivity contribution in [3.8, 4) is 17.2 Å². The van der Waals surface area contributed by atoms with Crippen molar-refractivity contribution in [1.29, 1.82) is 0 Å². The van der Waals surface area contributed by atoms with Gasteiger partial charge in [-0.1, -0.05) is 6.58 Å². The topological polar surface area (TPSA) is 27.7 Å². The second kappa shape index (κ2) is 9.60. The molecule has 0 N–H and O–H groups in total. The fourth-order valence-electron chi connectivity index (χ4n) is 2.17. The van der Waals surface area contributed by atoms with E-state index in [9.17, 15) is 13.2 Å². The van der Waals surface area contributed by atoms with Crippen molar-refractivity contribution in [2.24, 2.45) is 0 Å². The Hall–Kier alpha value is -2.28. The maximum Gasteiger partial charge on any atom is 0.416 e. The Balaban J connectivity index is 1.84. The first-order valence-corrected chi connectivity index (χ1v) is 9.22. The van der Waals surface area contributed by atoms with E-state index in [-0.39, 0.29) is 6.61 Å². The van der Waals surface area contributed by atoms with Crippen molar-refractivity contribution in [2.45, 2.75) is 18.0 Å². The maximum absolute atomic E-state index is 12.5. The van der Waals surface area contributed by atoms with Gasteiger partial charge in [0.05, 0.1) is 19.3 Å². The number of benzene rings is 2. The number of rotatable bonds is 9. The molecule has 0 spiro atoms. The van der Waals surface area contributed by atoms with Crippen molar-refractivity contribution in [2.75, 3.05) is 26.1 Å². The molecule has 27 heavy (non-hydrogen) atoms. The summed E-state index contributed by atoms with van der Waals surface area (Å²) >= 11 is 1.56. The van der Waals surface area contributed by atoms with Crippen LogP contribution in [0.2, 0.25) is 0 Å². The van der Waals surface area contributed by atoms with Crippen molar-refractivity contribution < 1.29 is 27.4 Å². The van der Waals surface area contributed by atoms with Crippen LogP contribution in [-0.4, -0.2) is 26.1 Å². The molecule has 2 aromatic carbocycles. The monoisotopic (exact) mass is 398 g/mol. The van der Waals surface area contributed by atoms with Crippen LogP contribution in [0.1, 0.15) is 12.5 Å². The first kappa shape index (κ1) is 21.0. The third-order valence-corrected chi connectivity index (χ3v) is 4.64. The SMILES string of the molecule is C=C(COc1ccc(C(F)(F)F)cc1)CSc1ccc(OCC)c(OC)c1. The van der Waals surface area contributed by atoms with Crippen LogP contribution in [-0.2, 0) is 6.18 Å².